The van der Waals surface area contributed by atoms with Gasteiger partial charge >= 0.3 is 0 Å². The zero-order valence-corrected chi connectivity index (χ0v) is 14.6. The number of nitrogens with one attached hydrogen (secondary N) is 2. The third-order valence-electron chi connectivity index (χ3n) is 4.34. The van der Waals surface area contributed by atoms with Crippen LogP contribution in [0.4, 0.5) is 4.39 Å². The van der Waals surface area contributed by atoms with Gasteiger partial charge in [0, 0.05) is 11.6 Å². The van der Waals surface area contributed by atoms with Crippen LogP contribution >= 0.6 is 0 Å². The van der Waals surface area contributed by atoms with Crippen molar-refractivity contribution in [2.24, 2.45) is 0 Å². The average Bonchev–Trinajstić information content (AvgIpc) is 3.07. The molecular weight excluding hydrogens is 321 g/mol. The van der Waals surface area contributed by atoms with Gasteiger partial charge in [-0.2, -0.15) is 5.10 Å². The number of ether oxygens (including phenoxy) is 1. The zero-order valence-electron chi connectivity index (χ0n) is 14.6. The van der Waals surface area contributed by atoms with Gasteiger partial charge in [0.25, 0.3) is 5.91 Å². The first-order valence-corrected chi connectivity index (χ1v) is 8.86. The van der Waals surface area contributed by atoms with Crippen LogP contribution in [0.1, 0.15) is 56.4 Å². The molecule has 3 rings (SSSR count). The van der Waals surface area contributed by atoms with Gasteiger partial charge in [0.05, 0.1) is 11.8 Å². The molecule has 1 aromatic heterocycles. The van der Waals surface area contributed by atoms with Crippen molar-refractivity contribution in [2.45, 2.75) is 58.1 Å². The van der Waals surface area contributed by atoms with E-state index in [1.54, 1.807) is 12.1 Å². The molecule has 2 aromatic rings. The van der Waals surface area contributed by atoms with Crippen molar-refractivity contribution in [3.05, 3.63) is 35.8 Å². The maximum atomic E-state index is 13.7. The summed E-state index contributed by atoms with van der Waals surface area (Å²) in [4.78, 5) is 12.4. The number of carbonyl (C=O) groups excluding carboxylic acids is 1. The lowest BCUT2D eigenvalue weighted by Crippen LogP contribution is -2.36. The summed E-state index contributed by atoms with van der Waals surface area (Å²) < 4.78 is 19.4. The molecule has 0 aliphatic heterocycles. The number of nitrogens with zero attached hydrogens (tertiary/aromatic N) is 1. The molecule has 6 heteroatoms. The highest BCUT2D eigenvalue weighted by molar-refractivity contribution is 5.93. The minimum Gasteiger partial charge on any atom is -0.490 e. The van der Waals surface area contributed by atoms with Crippen LogP contribution < -0.4 is 10.1 Å². The summed E-state index contributed by atoms with van der Waals surface area (Å²) in [6.45, 7) is 3.81. The quantitative estimate of drug-likeness (QED) is 0.858. The molecule has 0 bridgehead atoms. The molecule has 1 amide bonds. The minimum absolute atomic E-state index is 0.0442. The topological polar surface area (TPSA) is 67.0 Å². The van der Waals surface area contributed by atoms with E-state index in [1.165, 1.54) is 18.6 Å². The predicted molar refractivity (Wildman–Crippen MR) is 94.1 cm³/mol. The van der Waals surface area contributed by atoms with E-state index in [0.29, 0.717) is 22.7 Å². The van der Waals surface area contributed by atoms with Gasteiger partial charge in [-0.15, -0.1) is 0 Å². The van der Waals surface area contributed by atoms with Crippen LogP contribution in [0, 0.1) is 5.82 Å². The highest BCUT2D eigenvalue weighted by atomic mass is 19.1. The number of aromatic nitrogens is 2. The average molecular weight is 345 g/mol. The van der Waals surface area contributed by atoms with Crippen LogP contribution in [0.2, 0.25) is 0 Å². The SMILES string of the molecule is CC(C)Oc1ccc(F)cc1-c1cc(C(=O)NC2CCCCC2)[nH]n1. The third-order valence-corrected chi connectivity index (χ3v) is 4.34. The molecule has 5 nitrogen and oxygen atoms in total. The molecule has 1 aliphatic carbocycles. The maximum Gasteiger partial charge on any atom is 0.269 e. The first-order chi connectivity index (χ1) is 12.0. The third kappa shape index (κ3) is 4.38. The van der Waals surface area contributed by atoms with E-state index in [0.717, 1.165) is 25.7 Å². The van der Waals surface area contributed by atoms with Gasteiger partial charge in [0.15, 0.2) is 0 Å². The van der Waals surface area contributed by atoms with Crippen molar-refractivity contribution in [1.29, 1.82) is 0 Å². The summed E-state index contributed by atoms with van der Waals surface area (Å²) in [5.41, 5.74) is 1.39. The molecule has 0 spiro atoms. The van der Waals surface area contributed by atoms with Crippen LogP contribution in [0.15, 0.2) is 24.3 Å². The van der Waals surface area contributed by atoms with E-state index in [4.69, 9.17) is 4.74 Å². The molecule has 25 heavy (non-hydrogen) atoms. The van der Waals surface area contributed by atoms with Crippen molar-refractivity contribution in [2.75, 3.05) is 0 Å². The molecule has 1 fully saturated rings. The van der Waals surface area contributed by atoms with Crippen molar-refractivity contribution >= 4 is 5.91 Å². The summed E-state index contributed by atoms with van der Waals surface area (Å²) in [7, 11) is 0. The fourth-order valence-electron chi connectivity index (χ4n) is 3.15. The Kier molecular flexibility index (Phi) is 5.36. The largest absolute Gasteiger partial charge is 0.490 e. The second kappa shape index (κ2) is 7.68. The number of rotatable bonds is 5. The molecular formula is C19H24FN3O2. The van der Waals surface area contributed by atoms with Gasteiger partial charge in [-0.05, 0) is 51.0 Å². The number of aromatic amines is 1. The van der Waals surface area contributed by atoms with Crippen LogP contribution in [0.3, 0.4) is 0 Å². The van der Waals surface area contributed by atoms with Gasteiger partial charge in [-0.1, -0.05) is 19.3 Å². The highest BCUT2D eigenvalue weighted by Gasteiger charge is 2.19. The summed E-state index contributed by atoms with van der Waals surface area (Å²) in [6, 6.07) is 6.17. The lowest BCUT2D eigenvalue weighted by Gasteiger charge is -2.22. The predicted octanol–water partition coefficient (Wildman–Crippen LogP) is 4.07. The van der Waals surface area contributed by atoms with E-state index < -0.39 is 0 Å². The standard InChI is InChI=1S/C19H24FN3O2/c1-12(2)25-18-9-8-13(20)10-15(18)16-11-17(23-22-16)19(24)21-14-6-4-3-5-7-14/h8-12,14H,3-7H2,1-2H3,(H,21,24)(H,22,23). The van der Waals surface area contributed by atoms with E-state index in [9.17, 15) is 9.18 Å². The number of halogens is 1. The first-order valence-electron chi connectivity index (χ1n) is 8.86. The Bertz CT molecular complexity index is 736. The fraction of sp³-hybridized carbons (Fsp3) is 0.474. The van der Waals surface area contributed by atoms with E-state index in [1.807, 2.05) is 13.8 Å². The molecule has 134 valence electrons. The van der Waals surface area contributed by atoms with Crippen molar-refractivity contribution in [3.63, 3.8) is 0 Å². The Labute approximate surface area is 147 Å². The minimum atomic E-state index is -0.373. The fourth-order valence-corrected chi connectivity index (χ4v) is 3.15. The lowest BCUT2D eigenvalue weighted by atomic mass is 9.95. The number of benzene rings is 1. The van der Waals surface area contributed by atoms with Gasteiger partial charge in [0.1, 0.15) is 17.3 Å². The number of hydrogen-bond acceptors (Lipinski definition) is 3. The summed E-state index contributed by atoms with van der Waals surface area (Å²) in [5, 5.41) is 9.97. The summed E-state index contributed by atoms with van der Waals surface area (Å²) in [6.07, 6.45) is 5.53. The molecule has 0 atom stereocenters. The highest BCUT2D eigenvalue weighted by Crippen LogP contribution is 2.30. The number of H-pyrrole nitrogens is 1. The molecule has 1 saturated carbocycles. The van der Waals surface area contributed by atoms with Crippen LogP contribution in [0.25, 0.3) is 11.3 Å². The normalized spacial score (nSPS) is 15.4. The summed E-state index contributed by atoms with van der Waals surface area (Å²) in [5.74, 6) is -0.00201. The van der Waals surface area contributed by atoms with E-state index >= 15 is 0 Å². The molecule has 1 heterocycles. The first kappa shape index (κ1) is 17.5. The van der Waals surface area contributed by atoms with Crippen LogP contribution in [-0.2, 0) is 0 Å². The molecule has 1 aromatic carbocycles. The van der Waals surface area contributed by atoms with Crippen molar-refractivity contribution in [1.82, 2.24) is 15.5 Å². The molecule has 0 radical (unpaired) electrons. The second-order valence-electron chi connectivity index (χ2n) is 6.78. The Balaban J connectivity index is 1.78. The van der Waals surface area contributed by atoms with E-state index in [-0.39, 0.29) is 23.9 Å². The second-order valence-corrected chi connectivity index (χ2v) is 6.78. The van der Waals surface area contributed by atoms with Crippen LogP contribution in [0.5, 0.6) is 5.75 Å². The van der Waals surface area contributed by atoms with Gasteiger partial charge < -0.3 is 10.1 Å². The molecule has 2 N–H and O–H groups in total. The Morgan fingerprint density at radius 3 is 2.76 bits per heavy atom. The molecule has 0 saturated heterocycles. The maximum absolute atomic E-state index is 13.7. The lowest BCUT2D eigenvalue weighted by molar-refractivity contribution is 0.0922. The summed E-state index contributed by atoms with van der Waals surface area (Å²) >= 11 is 0. The van der Waals surface area contributed by atoms with Crippen molar-refractivity contribution < 1.29 is 13.9 Å². The smallest absolute Gasteiger partial charge is 0.269 e. The van der Waals surface area contributed by atoms with Crippen molar-refractivity contribution in [3.8, 4) is 17.0 Å². The van der Waals surface area contributed by atoms with Gasteiger partial charge in [-0.25, -0.2) is 4.39 Å². The monoisotopic (exact) mass is 345 g/mol. The zero-order chi connectivity index (χ0) is 17.8. The Morgan fingerprint density at radius 2 is 2.04 bits per heavy atom. The number of carbonyl (C=O) groups is 1. The van der Waals surface area contributed by atoms with Gasteiger partial charge in [-0.3, -0.25) is 9.89 Å². The Hall–Kier alpha value is -2.37. The molecule has 1 aliphatic rings. The molecule has 0 unspecified atom stereocenters. The number of amides is 1. The van der Waals surface area contributed by atoms with Crippen LogP contribution in [-0.4, -0.2) is 28.3 Å². The van der Waals surface area contributed by atoms with Gasteiger partial charge in [0.2, 0.25) is 0 Å². The Morgan fingerprint density at radius 1 is 1.28 bits per heavy atom. The number of hydrogen-bond donors (Lipinski definition) is 2. The van der Waals surface area contributed by atoms with E-state index in [2.05, 4.69) is 15.5 Å².